The highest BCUT2D eigenvalue weighted by Crippen LogP contribution is 2.40. The Bertz CT molecular complexity index is 754. The van der Waals surface area contributed by atoms with Gasteiger partial charge in [0.05, 0.1) is 12.0 Å². The van der Waals surface area contributed by atoms with E-state index in [9.17, 15) is 8.42 Å². The molecule has 0 fully saturated rings. The van der Waals surface area contributed by atoms with Crippen LogP contribution < -0.4 is 10.0 Å². The Kier molecular flexibility index (Phi) is 3.46. The van der Waals surface area contributed by atoms with Gasteiger partial charge in [-0.3, -0.25) is 4.31 Å². The van der Waals surface area contributed by atoms with Crippen molar-refractivity contribution in [3.8, 4) is 0 Å². The predicted octanol–water partition coefficient (Wildman–Crippen LogP) is 1.06. The molecule has 1 unspecified atom stereocenters. The first-order chi connectivity index (χ1) is 10.0. The molecule has 0 saturated carbocycles. The molecule has 7 heteroatoms. The SMILES string of the molecule is Cn1cnc(S(=O)(=O)N2CC(CCN)c3ccccc32)c1. The third-order valence-corrected chi connectivity index (χ3v) is 5.45. The predicted molar refractivity (Wildman–Crippen MR) is 80.6 cm³/mol. The van der Waals surface area contributed by atoms with Crippen molar-refractivity contribution in [3.05, 3.63) is 42.4 Å². The van der Waals surface area contributed by atoms with Crippen LogP contribution in [0.15, 0.2) is 41.8 Å². The first kappa shape index (κ1) is 14.1. The van der Waals surface area contributed by atoms with Gasteiger partial charge in [-0.2, -0.15) is 8.42 Å². The quantitative estimate of drug-likeness (QED) is 0.916. The first-order valence-electron chi connectivity index (χ1n) is 6.83. The molecule has 2 N–H and O–H groups in total. The van der Waals surface area contributed by atoms with Crippen molar-refractivity contribution in [2.75, 3.05) is 17.4 Å². The smallest absolute Gasteiger partial charge is 0.283 e. The van der Waals surface area contributed by atoms with Gasteiger partial charge in [0.1, 0.15) is 0 Å². The Labute approximate surface area is 124 Å². The molecule has 1 aliphatic heterocycles. The van der Waals surface area contributed by atoms with Gasteiger partial charge in [0.2, 0.25) is 0 Å². The van der Waals surface area contributed by atoms with Crippen molar-refractivity contribution in [2.24, 2.45) is 12.8 Å². The lowest BCUT2D eigenvalue weighted by atomic mass is 9.98. The Balaban J connectivity index is 2.04. The zero-order valence-electron chi connectivity index (χ0n) is 11.8. The fourth-order valence-corrected chi connectivity index (χ4v) is 4.27. The molecular weight excluding hydrogens is 288 g/mol. The van der Waals surface area contributed by atoms with E-state index in [2.05, 4.69) is 4.98 Å². The summed E-state index contributed by atoms with van der Waals surface area (Å²) in [6.45, 7) is 0.964. The number of anilines is 1. The topological polar surface area (TPSA) is 81.2 Å². The number of aryl methyl sites for hydroxylation is 1. The van der Waals surface area contributed by atoms with Crippen LogP contribution in [0.4, 0.5) is 5.69 Å². The number of imidazole rings is 1. The Hall–Kier alpha value is -1.86. The number of rotatable bonds is 4. The lowest BCUT2D eigenvalue weighted by Crippen LogP contribution is -2.30. The summed E-state index contributed by atoms with van der Waals surface area (Å²) in [5.41, 5.74) is 7.43. The fourth-order valence-electron chi connectivity index (χ4n) is 2.77. The zero-order valence-corrected chi connectivity index (χ0v) is 12.6. The van der Waals surface area contributed by atoms with Gasteiger partial charge in [-0.1, -0.05) is 18.2 Å². The molecule has 1 aromatic heterocycles. The number of aromatic nitrogens is 2. The van der Waals surface area contributed by atoms with Crippen LogP contribution in [0.1, 0.15) is 17.9 Å². The van der Waals surface area contributed by atoms with Crippen LogP contribution in [-0.2, 0) is 17.1 Å². The standard InChI is InChI=1S/C14H18N4O2S/c1-17-9-14(16-10-17)21(19,20)18-8-11(6-7-15)12-4-2-3-5-13(12)18/h2-5,9-11H,6-8,15H2,1H3. The molecule has 2 aromatic rings. The molecule has 2 heterocycles. The van der Waals surface area contributed by atoms with Gasteiger partial charge in [-0.15, -0.1) is 0 Å². The molecule has 6 nitrogen and oxygen atoms in total. The number of sulfonamides is 1. The number of nitrogens with two attached hydrogens (primary N) is 1. The molecule has 1 atom stereocenters. The average Bonchev–Trinajstić information content (AvgIpc) is 3.05. The molecule has 0 aliphatic carbocycles. The van der Waals surface area contributed by atoms with Gasteiger partial charge in [0.25, 0.3) is 10.0 Å². The van der Waals surface area contributed by atoms with E-state index in [0.29, 0.717) is 13.1 Å². The average molecular weight is 306 g/mol. The number of benzene rings is 1. The number of nitrogens with zero attached hydrogens (tertiary/aromatic N) is 3. The maximum absolute atomic E-state index is 12.8. The lowest BCUT2D eigenvalue weighted by molar-refractivity contribution is 0.583. The number of hydrogen-bond donors (Lipinski definition) is 1. The van der Waals surface area contributed by atoms with Gasteiger partial charge in [0.15, 0.2) is 5.03 Å². The maximum atomic E-state index is 12.8. The summed E-state index contributed by atoms with van der Waals surface area (Å²) in [5, 5.41) is 0.0770. The molecule has 0 saturated heterocycles. The molecule has 3 rings (SSSR count). The van der Waals surface area contributed by atoms with Crippen LogP contribution in [-0.4, -0.2) is 31.1 Å². The van der Waals surface area contributed by atoms with E-state index in [-0.39, 0.29) is 10.9 Å². The lowest BCUT2D eigenvalue weighted by Gasteiger charge is -2.18. The second kappa shape index (κ2) is 5.16. The normalized spacial score (nSPS) is 18.0. The highest BCUT2D eigenvalue weighted by molar-refractivity contribution is 7.92. The Morgan fingerprint density at radius 3 is 2.81 bits per heavy atom. The minimum absolute atomic E-state index is 0.0770. The van der Waals surface area contributed by atoms with Crippen LogP contribution in [0.5, 0.6) is 0 Å². The maximum Gasteiger partial charge on any atom is 0.283 e. The molecule has 1 aliphatic rings. The largest absolute Gasteiger partial charge is 0.339 e. The highest BCUT2D eigenvalue weighted by Gasteiger charge is 2.36. The summed E-state index contributed by atoms with van der Waals surface area (Å²) in [6.07, 6.45) is 3.78. The van der Waals surface area contributed by atoms with Crippen molar-refractivity contribution in [1.29, 1.82) is 0 Å². The summed E-state index contributed by atoms with van der Waals surface area (Å²) in [6, 6.07) is 7.60. The highest BCUT2D eigenvalue weighted by atomic mass is 32.2. The van der Waals surface area contributed by atoms with E-state index in [1.54, 1.807) is 11.6 Å². The molecule has 112 valence electrons. The molecule has 0 radical (unpaired) electrons. The molecule has 21 heavy (non-hydrogen) atoms. The van der Waals surface area contributed by atoms with E-state index in [1.807, 2.05) is 24.3 Å². The molecule has 1 aromatic carbocycles. The molecular formula is C14H18N4O2S. The molecule has 0 spiro atoms. The van der Waals surface area contributed by atoms with Gasteiger partial charge < -0.3 is 10.3 Å². The number of hydrogen-bond acceptors (Lipinski definition) is 4. The third-order valence-electron chi connectivity index (χ3n) is 3.78. The summed E-state index contributed by atoms with van der Waals surface area (Å²) in [4.78, 5) is 3.98. The van der Waals surface area contributed by atoms with E-state index in [0.717, 1.165) is 17.7 Å². The van der Waals surface area contributed by atoms with E-state index >= 15 is 0 Å². The van der Waals surface area contributed by atoms with Crippen LogP contribution in [0.3, 0.4) is 0 Å². The molecule has 0 amide bonds. The minimum Gasteiger partial charge on any atom is -0.339 e. The van der Waals surface area contributed by atoms with Gasteiger partial charge in [-0.05, 0) is 24.6 Å². The van der Waals surface area contributed by atoms with Crippen LogP contribution >= 0.6 is 0 Å². The zero-order chi connectivity index (χ0) is 15.0. The second-order valence-corrected chi connectivity index (χ2v) is 7.06. The number of fused-ring (bicyclic) bond motifs is 1. The van der Waals surface area contributed by atoms with Crippen LogP contribution in [0, 0.1) is 0 Å². The summed E-state index contributed by atoms with van der Waals surface area (Å²) >= 11 is 0. The fraction of sp³-hybridized carbons (Fsp3) is 0.357. The van der Waals surface area contributed by atoms with Crippen molar-refractivity contribution in [1.82, 2.24) is 9.55 Å². The Morgan fingerprint density at radius 2 is 2.14 bits per heavy atom. The monoisotopic (exact) mass is 306 g/mol. The Morgan fingerprint density at radius 1 is 1.38 bits per heavy atom. The van der Waals surface area contributed by atoms with Crippen molar-refractivity contribution in [3.63, 3.8) is 0 Å². The van der Waals surface area contributed by atoms with Crippen LogP contribution in [0.25, 0.3) is 0 Å². The van der Waals surface area contributed by atoms with E-state index in [1.165, 1.54) is 16.8 Å². The van der Waals surface area contributed by atoms with Crippen molar-refractivity contribution < 1.29 is 8.42 Å². The first-order valence-corrected chi connectivity index (χ1v) is 8.27. The van der Waals surface area contributed by atoms with Gasteiger partial charge in [0, 0.05) is 25.7 Å². The van der Waals surface area contributed by atoms with Crippen LogP contribution in [0.2, 0.25) is 0 Å². The van der Waals surface area contributed by atoms with Gasteiger partial charge >= 0.3 is 0 Å². The summed E-state index contributed by atoms with van der Waals surface area (Å²) in [7, 11) is -1.87. The van der Waals surface area contributed by atoms with E-state index < -0.39 is 10.0 Å². The van der Waals surface area contributed by atoms with Crippen molar-refractivity contribution in [2.45, 2.75) is 17.4 Å². The minimum atomic E-state index is -3.62. The summed E-state index contributed by atoms with van der Waals surface area (Å²) in [5.74, 6) is 0.143. The van der Waals surface area contributed by atoms with Crippen molar-refractivity contribution >= 4 is 15.7 Å². The third kappa shape index (κ3) is 2.32. The number of para-hydroxylation sites is 1. The molecule has 0 bridgehead atoms. The second-order valence-electron chi connectivity index (χ2n) is 5.25. The summed E-state index contributed by atoms with van der Waals surface area (Å²) < 4.78 is 28.6. The van der Waals surface area contributed by atoms with E-state index in [4.69, 9.17) is 5.73 Å². The van der Waals surface area contributed by atoms with Gasteiger partial charge in [-0.25, -0.2) is 4.98 Å².